The molecule has 0 aliphatic heterocycles. The summed E-state index contributed by atoms with van der Waals surface area (Å²) in [6, 6.07) is 9.47. The molecule has 0 saturated carbocycles. The molecular formula is C14H18N2O2. The Balaban J connectivity index is 1.95. The summed E-state index contributed by atoms with van der Waals surface area (Å²) in [7, 11) is 0. The van der Waals surface area contributed by atoms with E-state index in [1.807, 2.05) is 41.1 Å². The Morgan fingerprint density at radius 3 is 2.83 bits per heavy atom. The zero-order chi connectivity index (χ0) is 12.8. The van der Waals surface area contributed by atoms with Gasteiger partial charge in [0.1, 0.15) is 24.3 Å². The molecule has 0 radical (unpaired) electrons. The number of nitrogens with zero attached hydrogens (tertiary/aromatic N) is 2. The Bertz CT molecular complexity index is 468. The van der Waals surface area contributed by atoms with E-state index in [2.05, 4.69) is 11.9 Å². The van der Waals surface area contributed by atoms with Crippen molar-refractivity contribution in [3.8, 4) is 5.75 Å². The smallest absolute Gasteiger partial charge is 0.146 e. The minimum Gasteiger partial charge on any atom is -0.490 e. The van der Waals surface area contributed by atoms with E-state index < -0.39 is 6.10 Å². The van der Waals surface area contributed by atoms with Crippen molar-refractivity contribution < 1.29 is 9.84 Å². The fourth-order valence-electron chi connectivity index (χ4n) is 1.81. The van der Waals surface area contributed by atoms with Crippen molar-refractivity contribution in [1.29, 1.82) is 0 Å². The SMILES string of the molecule is CCCn1ccnc1C(O)COc1ccccc1. The molecule has 0 bridgehead atoms. The van der Waals surface area contributed by atoms with Gasteiger partial charge in [-0.2, -0.15) is 0 Å². The molecule has 0 aliphatic rings. The van der Waals surface area contributed by atoms with E-state index in [1.165, 1.54) is 0 Å². The van der Waals surface area contributed by atoms with Crippen molar-refractivity contribution >= 4 is 0 Å². The van der Waals surface area contributed by atoms with Crippen LogP contribution in [0.4, 0.5) is 0 Å². The molecule has 4 heteroatoms. The molecule has 96 valence electrons. The standard InChI is InChI=1S/C14H18N2O2/c1-2-9-16-10-8-15-14(16)13(17)11-18-12-6-4-3-5-7-12/h3-8,10,13,17H,2,9,11H2,1H3. The Labute approximate surface area is 107 Å². The van der Waals surface area contributed by atoms with Gasteiger partial charge in [0, 0.05) is 18.9 Å². The molecule has 1 atom stereocenters. The first kappa shape index (κ1) is 12.6. The van der Waals surface area contributed by atoms with Crippen LogP contribution in [-0.4, -0.2) is 21.3 Å². The number of para-hydroxylation sites is 1. The summed E-state index contributed by atoms with van der Waals surface area (Å²) >= 11 is 0. The predicted molar refractivity (Wildman–Crippen MR) is 69.4 cm³/mol. The number of aliphatic hydroxyl groups is 1. The molecule has 0 amide bonds. The molecule has 1 aromatic carbocycles. The second kappa shape index (κ2) is 6.21. The van der Waals surface area contributed by atoms with Gasteiger partial charge in [0.15, 0.2) is 0 Å². The Hall–Kier alpha value is -1.81. The lowest BCUT2D eigenvalue weighted by Gasteiger charge is -2.13. The first-order valence-electron chi connectivity index (χ1n) is 6.18. The van der Waals surface area contributed by atoms with Gasteiger partial charge in [-0.3, -0.25) is 0 Å². The molecule has 2 rings (SSSR count). The van der Waals surface area contributed by atoms with Gasteiger partial charge in [-0.25, -0.2) is 4.98 Å². The van der Waals surface area contributed by atoms with E-state index in [1.54, 1.807) is 6.20 Å². The van der Waals surface area contributed by atoms with Gasteiger partial charge in [0.05, 0.1) is 0 Å². The second-order valence-corrected chi connectivity index (χ2v) is 4.12. The lowest BCUT2D eigenvalue weighted by atomic mass is 10.3. The number of hydrogen-bond acceptors (Lipinski definition) is 3. The summed E-state index contributed by atoms with van der Waals surface area (Å²) in [5.41, 5.74) is 0. The van der Waals surface area contributed by atoms with Gasteiger partial charge < -0.3 is 14.4 Å². The molecule has 1 aromatic heterocycles. The van der Waals surface area contributed by atoms with E-state index in [4.69, 9.17) is 4.74 Å². The van der Waals surface area contributed by atoms with Crippen LogP contribution in [0.25, 0.3) is 0 Å². The summed E-state index contributed by atoms with van der Waals surface area (Å²) in [6.45, 7) is 3.17. The highest BCUT2D eigenvalue weighted by Gasteiger charge is 2.14. The van der Waals surface area contributed by atoms with Crippen molar-refractivity contribution in [3.05, 3.63) is 48.5 Å². The largest absolute Gasteiger partial charge is 0.490 e. The van der Waals surface area contributed by atoms with E-state index in [0.717, 1.165) is 18.7 Å². The summed E-state index contributed by atoms with van der Waals surface area (Å²) in [5, 5.41) is 10.1. The average molecular weight is 246 g/mol. The monoisotopic (exact) mass is 246 g/mol. The topological polar surface area (TPSA) is 47.3 Å². The third-order valence-corrected chi connectivity index (χ3v) is 2.66. The first-order valence-corrected chi connectivity index (χ1v) is 6.18. The van der Waals surface area contributed by atoms with Crippen molar-refractivity contribution in [2.45, 2.75) is 26.0 Å². The number of aryl methyl sites for hydroxylation is 1. The Morgan fingerprint density at radius 1 is 1.33 bits per heavy atom. The number of hydrogen-bond donors (Lipinski definition) is 1. The maximum Gasteiger partial charge on any atom is 0.146 e. The van der Waals surface area contributed by atoms with Crippen LogP contribution in [0.3, 0.4) is 0 Å². The minimum atomic E-state index is -0.702. The van der Waals surface area contributed by atoms with E-state index in [0.29, 0.717) is 5.82 Å². The van der Waals surface area contributed by atoms with Crippen molar-refractivity contribution in [1.82, 2.24) is 9.55 Å². The van der Waals surface area contributed by atoms with E-state index in [9.17, 15) is 5.11 Å². The molecule has 1 heterocycles. The average Bonchev–Trinajstić information content (AvgIpc) is 2.86. The lowest BCUT2D eigenvalue weighted by molar-refractivity contribution is 0.0974. The van der Waals surface area contributed by atoms with Crippen LogP contribution in [-0.2, 0) is 6.54 Å². The van der Waals surface area contributed by atoms with E-state index >= 15 is 0 Å². The number of aromatic nitrogens is 2. The minimum absolute atomic E-state index is 0.213. The third-order valence-electron chi connectivity index (χ3n) is 2.66. The maximum absolute atomic E-state index is 10.1. The van der Waals surface area contributed by atoms with Gasteiger partial charge in [0.2, 0.25) is 0 Å². The molecular weight excluding hydrogens is 228 g/mol. The molecule has 18 heavy (non-hydrogen) atoms. The van der Waals surface area contributed by atoms with Crippen LogP contribution < -0.4 is 4.74 Å². The van der Waals surface area contributed by atoms with Gasteiger partial charge in [-0.05, 0) is 18.6 Å². The molecule has 1 unspecified atom stereocenters. The van der Waals surface area contributed by atoms with Gasteiger partial charge >= 0.3 is 0 Å². The van der Waals surface area contributed by atoms with Crippen LogP contribution >= 0.6 is 0 Å². The highest BCUT2D eigenvalue weighted by molar-refractivity contribution is 5.21. The van der Waals surface area contributed by atoms with Crippen molar-refractivity contribution in [2.75, 3.05) is 6.61 Å². The summed E-state index contributed by atoms with van der Waals surface area (Å²) in [5.74, 6) is 1.41. The fourth-order valence-corrected chi connectivity index (χ4v) is 1.81. The van der Waals surface area contributed by atoms with Gasteiger partial charge in [0.25, 0.3) is 0 Å². The number of imidazole rings is 1. The Kier molecular flexibility index (Phi) is 4.36. The quantitative estimate of drug-likeness (QED) is 0.851. The molecule has 1 N–H and O–H groups in total. The molecule has 0 aliphatic carbocycles. The van der Waals surface area contributed by atoms with Crippen LogP contribution in [0.2, 0.25) is 0 Å². The molecule has 2 aromatic rings. The molecule has 0 saturated heterocycles. The van der Waals surface area contributed by atoms with Crippen LogP contribution in [0.15, 0.2) is 42.7 Å². The zero-order valence-corrected chi connectivity index (χ0v) is 10.5. The molecule has 0 fully saturated rings. The van der Waals surface area contributed by atoms with Crippen LogP contribution in [0, 0.1) is 0 Å². The Morgan fingerprint density at radius 2 is 2.11 bits per heavy atom. The van der Waals surface area contributed by atoms with Gasteiger partial charge in [-0.1, -0.05) is 25.1 Å². The van der Waals surface area contributed by atoms with Gasteiger partial charge in [-0.15, -0.1) is 0 Å². The van der Waals surface area contributed by atoms with Crippen LogP contribution in [0.1, 0.15) is 25.3 Å². The first-order chi connectivity index (χ1) is 8.81. The lowest BCUT2D eigenvalue weighted by Crippen LogP contribution is -2.15. The summed E-state index contributed by atoms with van der Waals surface area (Å²) in [4.78, 5) is 4.18. The number of ether oxygens (including phenoxy) is 1. The zero-order valence-electron chi connectivity index (χ0n) is 10.5. The molecule has 0 spiro atoms. The maximum atomic E-state index is 10.1. The van der Waals surface area contributed by atoms with Crippen LogP contribution in [0.5, 0.6) is 5.75 Å². The van der Waals surface area contributed by atoms with E-state index in [-0.39, 0.29) is 6.61 Å². The number of rotatable bonds is 6. The second-order valence-electron chi connectivity index (χ2n) is 4.12. The summed E-state index contributed by atoms with van der Waals surface area (Å²) < 4.78 is 7.48. The predicted octanol–water partition coefficient (Wildman–Crippen LogP) is 2.41. The third kappa shape index (κ3) is 3.11. The van der Waals surface area contributed by atoms with Crippen molar-refractivity contribution in [3.63, 3.8) is 0 Å². The molecule has 4 nitrogen and oxygen atoms in total. The number of aliphatic hydroxyl groups excluding tert-OH is 1. The highest BCUT2D eigenvalue weighted by Crippen LogP contribution is 2.15. The normalized spacial score (nSPS) is 12.3. The van der Waals surface area contributed by atoms with Crippen molar-refractivity contribution in [2.24, 2.45) is 0 Å². The highest BCUT2D eigenvalue weighted by atomic mass is 16.5. The number of benzene rings is 1. The summed E-state index contributed by atoms with van der Waals surface area (Å²) in [6.07, 6.45) is 3.89. The fraction of sp³-hybridized carbons (Fsp3) is 0.357.